The summed E-state index contributed by atoms with van der Waals surface area (Å²) in [5.74, 6) is -1.08. The number of alkyl halides is 1. The number of benzene rings is 1. The molecule has 0 saturated heterocycles. The molecule has 0 radical (unpaired) electrons. The Morgan fingerprint density at radius 3 is 2.50 bits per heavy atom. The van der Waals surface area contributed by atoms with E-state index in [2.05, 4.69) is 10.2 Å². The lowest BCUT2D eigenvalue weighted by atomic mass is 9.92. The SMILES string of the molecule is NC(=O)C(F)(c1ccccc1)c1cc[nH]n1. The summed E-state index contributed by atoms with van der Waals surface area (Å²) in [6.07, 6.45) is 1.44. The molecule has 0 saturated carbocycles. The number of nitrogens with zero attached hydrogens (tertiary/aromatic N) is 1. The molecule has 16 heavy (non-hydrogen) atoms. The predicted molar refractivity (Wildman–Crippen MR) is 56.1 cm³/mol. The molecule has 0 spiro atoms. The van der Waals surface area contributed by atoms with Crippen LogP contribution in [0.2, 0.25) is 0 Å². The summed E-state index contributed by atoms with van der Waals surface area (Å²) in [6.45, 7) is 0. The van der Waals surface area contributed by atoms with Gasteiger partial charge in [-0.3, -0.25) is 9.89 Å². The van der Waals surface area contributed by atoms with E-state index in [1.165, 1.54) is 24.4 Å². The van der Waals surface area contributed by atoms with Crippen LogP contribution in [0.4, 0.5) is 4.39 Å². The van der Waals surface area contributed by atoms with E-state index in [1.807, 2.05) is 0 Å². The van der Waals surface area contributed by atoms with Crippen LogP contribution >= 0.6 is 0 Å². The highest BCUT2D eigenvalue weighted by molar-refractivity contribution is 5.88. The topological polar surface area (TPSA) is 71.8 Å². The number of primary amides is 1. The third-order valence-electron chi connectivity index (χ3n) is 2.36. The van der Waals surface area contributed by atoms with Gasteiger partial charge in [0.15, 0.2) is 0 Å². The highest BCUT2D eigenvalue weighted by atomic mass is 19.1. The molecule has 1 aromatic carbocycles. The minimum atomic E-state index is -2.39. The number of nitrogens with one attached hydrogen (secondary N) is 1. The Morgan fingerprint density at radius 2 is 2.00 bits per heavy atom. The number of amides is 1. The van der Waals surface area contributed by atoms with Gasteiger partial charge in [0, 0.05) is 11.8 Å². The van der Waals surface area contributed by atoms with Gasteiger partial charge in [-0.1, -0.05) is 30.3 Å². The number of carbonyl (C=O) groups excluding carboxylic acids is 1. The summed E-state index contributed by atoms with van der Waals surface area (Å²) in [5.41, 5.74) is 2.88. The predicted octanol–water partition coefficient (Wildman–Crippen LogP) is 1.11. The fourth-order valence-corrected chi connectivity index (χ4v) is 1.54. The molecule has 1 heterocycles. The van der Waals surface area contributed by atoms with Gasteiger partial charge < -0.3 is 5.73 Å². The number of rotatable bonds is 3. The van der Waals surface area contributed by atoms with Gasteiger partial charge in [0.2, 0.25) is 0 Å². The third-order valence-corrected chi connectivity index (χ3v) is 2.36. The van der Waals surface area contributed by atoms with Crippen molar-refractivity contribution in [1.82, 2.24) is 10.2 Å². The van der Waals surface area contributed by atoms with Crippen LogP contribution in [0.3, 0.4) is 0 Å². The first-order valence-electron chi connectivity index (χ1n) is 4.70. The van der Waals surface area contributed by atoms with Crippen LogP contribution < -0.4 is 5.73 Å². The summed E-state index contributed by atoms with van der Waals surface area (Å²) in [4.78, 5) is 11.3. The Hall–Kier alpha value is -2.17. The Kier molecular flexibility index (Phi) is 2.44. The second-order valence-electron chi connectivity index (χ2n) is 3.35. The quantitative estimate of drug-likeness (QED) is 0.811. The highest BCUT2D eigenvalue weighted by Gasteiger charge is 2.42. The summed E-state index contributed by atoms with van der Waals surface area (Å²) in [6, 6.07) is 9.39. The van der Waals surface area contributed by atoms with Crippen molar-refractivity contribution in [2.45, 2.75) is 5.67 Å². The second kappa shape index (κ2) is 3.77. The zero-order valence-corrected chi connectivity index (χ0v) is 8.35. The fraction of sp³-hybridized carbons (Fsp3) is 0.0909. The molecule has 5 heteroatoms. The van der Waals surface area contributed by atoms with E-state index in [-0.39, 0.29) is 11.3 Å². The average molecular weight is 219 g/mol. The molecule has 1 amide bonds. The number of carbonyl (C=O) groups is 1. The maximum atomic E-state index is 14.7. The van der Waals surface area contributed by atoms with Crippen LogP contribution in [0.15, 0.2) is 42.6 Å². The Morgan fingerprint density at radius 1 is 1.31 bits per heavy atom. The van der Waals surface area contributed by atoms with E-state index >= 15 is 0 Å². The van der Waals surface area contributed by atoms with Gasteiger partial charge in [-0.05, 0) is 6.07 Å². The highest BCUT2D eigenvalue weighted by Crippen LogP contribution is 2.31. The Labute approximate surface area is 91.3 Å². The maximum Gasteiger partial charge on any atom is 0.266 e. The standard InChI is InChI=1S/C11H10FN3O/c12-11(10(13)16,9-6-7-14-15-9)8-4-2-1-3-5-8/h1-7H,(H2,13,16)(H,14,15). The van der Waals surface area contributed by atoms with E-state index in [0.717, 1.165) is 0 Å². The molecule has 3 N–H and O–H groups in total. The molecule has 0 bridgehead atoms. The minimum absolute atomic E-state index is 0.0359. The van der Waals surface area contributed by atoms with Crippen molar-refractivity contribution in [3.63, 3.8) is 0 Å². The first-order chi connectivity index (χ1) is 7.65. The van der Waals surface area contributed by atoms with Crippen molar-refractivity contribution in [2.24, 2.45) is 5.73 Å². The van der Waals surface area contributed by atoms with Gasteiger partial charge in [0.25, 0.3) is 11.6 Å². The van der Waals surface area contributed by atoms with Crippen LogP contribution in [-0.2, 0) is 10.5 Å². The Balaban J connectivity index is 2.58. The molecule has 0 aliphatic carbocycles. The van der Waals surface area contributed by atoms with Gasteiger partial charge in [0.1, 0.15) is 5.69 Å². The van der Waals surface area contributed by atoms with Crippen molar-refractivity contribution < 1.29 is 9.18 Å². The molecule has 4 nitrogen and oxygen atoms in total. The second-order valence-corrected chi connectivity index (χ2v) is 3.35. The molecular formula is C11H10FN3O. The zero-order valence-electron chi connectivity index (χ0n) is 8.35. The monoisotopic (exact) mass is 219 g/mol. The van der Waals surface area contributed by atoms with Gasteiger partial charge in [-0.15, -0.1) is 0 Å². The third kappa shape index (κ3) is 1.46. The molecule has 1 aromatic heterocycles. The van der Waals surface area contributed by atoms with Crippen LogP contribution in [-0.4, -0.2) is 16.1 Å². The molecule has 0 aliphatic heterocycles. The van der Waals surface area contributed by atoms with Crippen LogP contribution in [0.1, 0.15) is 11.3 Å². The molecule has 2 aromatic rings. The van der Waals surface area contributed by atoms with Gasteiger partial charge in [-0.2, -0.15) is 5.10 Å². The first kappa shape index (κ1) is 10.4. The minimum Gasteiger partial charge on any atom is -0.366 e. The summed E-state index contributed by atoms with van der Waals surface area (Å²) >= 11 is 0. The molecule has 1 atom stereocenters. The van der Waals surface area contributed by atoms with E-state index in [4.69, 9.17) is 5.73 Å². The van der Waals surface area contributed by atoms with E-state index in [9.17, 15) is 9.18 Å². The maximum absolute atomic E-state index is 14.7. The fourth-order valence-electron chi connectivity index (χ4n) is 1.54. The zero-order chi connectivity index (χ0) is 11.6. The van der Waals surface area contributed by atoms with Gasteiger partial charge in [0.05, 0.1) is 0 Å². The van der Waals surface area contributed by atoms with E-state index in [0.29, 0.717) is 0 Å². The summed E-state index contributed by atoms with van der Waals surface area (Å²) < 4.78 is 14.7. The van der Waals surface area contributed by atoms with Crippen molar-refractivity contribution in [1.29, 1.82) is 0 Å². The first-order valence-corrected chi connectivity index (χ1v) is 4.70. The number of nitrogens with two attached hydrogens (primary N) is 1. The number of halogens is 1. The summed E-state index contributed by atoms with van der Waals surface area (Å²) in [5, 5.41) is 6.15. The van der Waals surface area contributed by atoms with Crippen LogP contribution in [0.25, 0.3) is 0 Å². The van der Waals surface area contributed by atoms with Gasteiger partial charge in [-0.25, -0.2) is 4.39 Å². The summed E-state index contributed by atoms with van der Waals surface area (Å²) in [7, 11) is 0. The van der Waals surface area contributed by atoms with Crippen LogP contribution in [0.5, 0.6) is 0 Å². The normalized spacial score (nSPS) is 14.3. The lowest BCUT2D eigenvalue weighted by Gasteiger charge is -2.19. The van der Waals surface area contributed by atoms with E-state index < -0.39 is 11.6 Å². The number of aromatic nitrogens is 2. The largest absolute Gasteiger partial charge is 0.366 e. The van der Waals surface area contributed by atoms with Crippen molar-refractivity contribution >= 4 is 5.91 Å². The molecule has 0 fully saturated rings. The van der Waals surface area contributed by atoms with Gasteiger partial charge >= 0.3 is 0 Å². The van der Waals surface area contributed by atoms with E-state index in [1.54, 1.807) is 18.2 Å². The van der Waals surface area contributed by atoms with Crippen molar-refractivity contribution in [3.8, 4) is 0 Å². The number of aromatic amines is 1. The smallest absolute Gasteiger partial charge is 0.266 e. The van der Waals surface area contributed by atoms with Crippen LogP contribution in [0, 0.1) is 0 Å². The molecular weight excluding hydrogens is 209 g/mol. The number of hydrogen-bond donors (Lipinski definition) is 2. The number of H-pyrrole nitrogens is 1. The molecule has 1 unspecified atom stereocenters. The molecule has 82 valence electrons. The molecule has 2 rings (SSSR count). The lowest BCUT2D eigenvalue weighted by molar-refractivity contribution is -0.127. The van der Waals surface area contributed by atoms with Crippen molar-refractivity contribution in [2.75, 3.05) is 0 Å². The van der Waals surface area contributed by atoms with Crippen molar-refractivity contribution in [3.05, 3.63) is 53.9 Å². The lowest BCUT2D eigenvalue weighted by Crippen LogP contribution is -2.38. The Bertz CT molecular complexity index is 483. The molecule has 0 aliphatic rings. The average Bonchev–Trinajstić information content (AvgIpc) is 2.82. The number of hydrogen-bond acceptors (Lipinski definition) is 2.